The van der Waals surface area contributed by atoms with E-state index in [0.29, 0.717) is 0 Å². The lowest BCUT2D eigenvalue weighted by atomic mass is 9.92. The molecule has 2 aliphatic heterocycles. The van der Waals surface area contributed by atoms with Gasteiger partial charge in [-0.3, -0.25) is 9.69 Å². The van der Waals surface area contributed by atoms with E-state index in [2.05, 4.69) is 71.6 Å². The van der Waals surface area contributed by atoms with Gasteiger partial charge in [0.25, 0.3) is 5.91 Å². The summed E-state index contributed by atoms with van der Waals surface area (Å²) >= 11 is 0. The number of hydrogen-bond donors (Lipinski definition) is 2. The van der Waals surface area contributed by atoms with Gasteiger partial charge >= 0.3 is 0 Å². The van der Waals surface area contributed by atoms with E-state index in [0.717, 1.165) is 55.1 Å². The monoisotopic (exact) mass is 557 g/mol. The molecule has 3 heterocycles. The average molecular weight is 558 g/mol. The Bertz CT molecular complexity index is 1280. The predicted octanol–water partition coefficient (Wildman–Crippen LogP) is 7.18. The summed E-state index contributed by atoms with van der Waals surface area (Å²) < 4.78 is 0. The van der Waals surface area contributed by atoms with Crippen molar-refractivity contribution in [3.63, 3.8) is 0 Å². The standard InChI is InChI=1S/C31H39N5O.2C2H6/c1-21(17-29-23(3)33-14-11-28(29)26-8-10-30(32-4)34-19-26)20-36-15-12-24(13-16-36)27-9-7-25(18-22(27)2)31(37)35(5)6;2*1-2/h7-12,17-19,33H,13-16,20H2,1-6H3,(H,32,34);2*1-2H3/b21-17+;;. The number of amides is 1. The molecule has 0 radical (unpaired) electrons. The lowest BCUT2D eigenvalue weighted by molar-refractivity contribution is 0.0827. The van der Waals surface area contributed by atoms with E-state index in [-0.39, 0.29) is 5.91 Å². The fourth-order valence-corrected chi connectivity index (χ4v) is 5.03. The van der Waals surface area contributed by atoms with Crippen LogP contribution in [0.15, 0.2) is 71.6 Å². The molecule has 0 atom stereocenters. The molecule has 0 spiro atoms. The highest BCUT2D eigenvalue weighted by Gasteiger charge is 2.18. The van der Waals surface area contributed by atoms with Gasteiger partial charge in [-0.25, -0.2) is 4.98 Å². The number of aryl methyl sites for hydroxylation is 1. The normalized spacial score (nSPS) is 15.3. The summed E-state index contributed by atoms with van der Waals surface area (Å²) in [5.74, 6) is 0.918. The Morgan fingerprint density at radius 1 is 1.10 bits per heavy atom. The van der Waals surface area contributed by atoms with Crippen molar-refractivity contribution < 1.29 is 4.79 Å². The Hall–Kier alpha value is -3.64. The highest BCUT2D eigenvalue weighted by Crippen LogP contribution is 2.30. The number of aromatic nitrogens is 1. The number of pyridine rings is 1. The Labute approximate surface area is 248 Å². The third-order valence-electron chi connectivity index (χ3n) is 7.08. The Kier molecular flexibility index (Phi) is 13.6. The second kappa shape index (κ2) is 16.6. The molecule has 0 bridgehead atoms. The summed E-state index contributed by atoms with van der Waals surface area (Å²) in [6, 6.07) is 10.2. The fourth-order valence-electron chi connectivity index (χ4n) is 5.03. The molecule has 1 amide bonds. The van der Waals surface area contributed by atoms with Gasteiger partial charge < -0.3 is 15.5 Å². The van der Waals surface area contributed by atoms with Crippen molar-refractivity contribution in [1.29, 1.82) is 0 Å². The lowest BCUT2D eigenvalue weighted by Gasteiger charge is -2.28. The first-order valence-electron chi connectivity index (χ1n) is 15.0. The third-order valence-corrected chi connectivity index (χ3v) is 7.08. The van der Waals surface area contributed by atoms with E-state index in [1.165, 1.54) is 33.6 Å². The smallest absolute Gasteiger partial charge is 0.253 e. The molecule has 0 fully saturated rings. The van der Waals surface area contributed by atoms with Gasteiger partial charge in [0.1, 0.15) is 5.82 Å². The molecule has 222 valence electrons. The topological polar surface area (TPSA) is 60.5 Å². The number of nitrogens with one attached hydrogen (secondary N) is 2. The van der Waals surface area contributed by atoms with Crippen LogP contribution in [0.5, 0.6) is 0 Å². The summed E-state index contributed by atoms with van der Waals surface area (Å²) in [6.45, 7) is 18.2. The molecule has 0 saturated carbocycles. The highest BCUT2D eigenvalue weighted by molar-refractivity contribution is 5.94. The Morgan fingerprint density at radius 3 is 2.39 bits per heavy atom. The Balaban J connectivity index is 0.00000141. The van der Waals surface area contributed by atoms with Crippen molar-refractivity contribution in [2.24, 2.45) is 0 Å². The number of nitrogens with zero attached hydrogens (tertiary/aromatic N) is 3. The number of carbonyl (C=O) groups excluding carboxylic acids is 1. The molecule has 0 saturated heterocycles. The van der Waals surface area contributed by atoms with Crippen LogP contribution in [0.4, 0.5) is 5.82 Å². The molecular weight excluding hydrogens is 506 g/mol. The van der Waals surface area contributed by atoms with Gasteiger partial charge in [-0.2, -0.15) is 0 Å². The number of dihydropyridines is 1. The first-order valence-corrected chi connectivity index (χ1v) is 15.0. The van der Waals surface area contributed by atoms with E-state index in [9.17, 15) is 4.79 Å². The number of anilines is 1. The van der Waals surface area contributed by atoms with E-state index >= 15 is 0 Å². The van der Waals surface area contributed by atoms with Crippen molar-refractivity contribution in [2.75, 3.05) is 52.6 Å². The summed E-state index contributed by atoms with van der Waals surface area (Å²) in [5.41, 5.74) is 10.7. The van der Waals surface area contributed by atoms with Crippen LogP contribution < -0.4 is 10.6 Å². The fraction of sp³-hybridized carbons (Fsp3) is 0.429. The van der Waals surface area contributed by atoms with Crippen LogP contribution in [0.3, 0.4) is 0 Å². The van der Waals surface area contributed by atoms with Crippen LogP contribution in [-0.2, 0) is 0 Å². The molecule has 0 aliphatic carbocycles. The third kappa shape index (κ3) is 8.92. The molecule has 2 N–H and O–H groups in total. The largest absolute Gasteiger partial charge is 0.385 e. The molecule has 1 aromatic carbocycles. The van der Waals surface area contributed by atoms with Gasteiger partial charge in [-0.1, -0.05) is 57.6 Å². The summed E-state index contributed by atoms with van der Waals surface area (Å²) in [4.78, 5) is 20.9. The second-order valence-electron chi connectivity index (χ2n) is 10.2. The molecule has 4 rings (SSSR count). The van der Waals surface area contributed by atoms with Crippen LogP contribution >= 0.6 is 0 Å². The van der Waals surface area contributed by atoms with Gasteiger partial charge in [0.05, 0.1) is 0 Å². The van der Waals surface area contributed by atoms with Gasteiger partial charge in [0.15, 0.2) is 0 Å². The molecule has 0 unspecified atom stereocenters. The zero-order chi connectivity index (χ0) is 30.5. The van der Waals surface area contributed by atoms with Gasteiger partial charge in [0.2, 0.25) is 0 Å². The number of hydrogen-bond acceptors (Lipinski definition) is 5. The van der Waals surface area contributed by atoms with Crippen LogP contribution in [0, 0.1) is 6.92 Å². The zero-order valence-electron chi connectivity index (χ0n) is 27.0. The molecule has 6 heteroatoms. The van der Waals surface area contributed by atoms with Gasteiger partial charge in [-0.15, -0.1) is 0 Å². The molecule has 6 nitrogen and oxygen atoms in total. The minimum atomic E-state index is 0.0449. The van der Waals surface area contributed by atoms with E-state index in [1.807, 2.05) is 59.1 Å². The van der Waals surface area contributed by atoms with Crippen molar-refractivity contribution in [1.82, 2.24) is 20.1 Å². The number of benzene rings is 1. The zero-order valence-corrected chi connectivity index (χ0v) is 27.0. The molecule has 1 aromatic heterocycles. The highest BCUT2D eigenvalue weighted by atomic mass is 16.2. The van der Waals surface area contributed by atoms with Crippen molar-refractivity contribution in [3.05, 3.63) is 93.9 Å². The van der Waals surface area contributed by atoms with E-state index in [1.54, 1.807) is 19.0 Å². The maximum atomic E-state index is 12.3. The summed E-state index contributed by atoms with van der Waals surface area (Å²) in [7, 11) is 5.47. The summed E-state index contributed by atoms with van der Waals surface area (Å²) in [5, 5.41) is 6.58. The minimum Gasteiger partial charge on any atom is -0.385 e. The maximum Gasteiger partial charge on any atom is 0.253 e. The molecule has 2 aromatic rings. The quantitative estimate of drug-likeness (QED) is 0.378. The van der Waals surface area contributed by atoms with Crippen LogP contribution in [-0.4, -0.2) is 68.0 Å². The second-order valence-corrected chi connectivity index (χ2v) is 10.2. The average Bonchev–Trinajstić information content (AvgIpc) is 3.00. The number of carbonyl (C=O) groups is 1. The van der Waals surface area contributed by atoms with Crippen LogP contribution in [0.1, 0.15) is 75.0 Å². The number of allylic oxidation sites excluding steroid dienone is 4. The predicted molar refractivity (Wildman–Crippen MR) is 177 cm³/mol. The van der Waals surface area contributed by atoms with E-state index < -0.39 is 0 Å². The van der Waals surface area contributed by atoms with Crippen LogP contribution in [0.25, 0.3) is 11.1 Å². The Morgan fingerprint density at radius 2 is 1.83 bits per heavy atom. The first-order chi connectivity index (χ1) is 19.8. The van der Waals surface area contributed by atoms with Crippen molar-refractivity contribution in [2.45, 2.75) is 54.9 Å². The van der Waals surface area contributed by atoms with Crippen molar-refractivity contribution in [3.8, 4) is 0 Å². The molecule has 41 heavy (non-hydrogen) atoms. The van der Waals surface area contributed by atoms with Gasteiger partial charge in [0, 0.05) is 75.9 Å². The number of rotatable bonds is 7. The molecular formula is C35H51N5O. The van der Waals surface area contributed by atoms with Crippen LogP contribution in [0.2, 0.25) is 0 Å². The summed E-state index contributed by atoms with van der Waals surface area (Å²) in [6.07, 6.45) is 9.87. The van der Waals surface area contributed by atoms with Crippen molar-refractivity contribution >= 4 is 22.9 Å². The van der Waals surface area contributed by atoms with Gasteiger partial charge in [-0.05, 0) is 73.7 Å². The first kappa shape index (κ1) is 33.6. The minimum absolute atomic E-state index is 0.0449. The van der Waals surface area contributed by atoms with E-state index in [4.69, 9.17) is 0 Å². The molecule has 2 aliphatic rings. The SMILES string of the molecule is CC.CC.CNc1ccc(C2=CCNC(C)=C2/C=C(\C)CN2CC=C(c3ccc(C(=O)N(C)C)cc3C)CC2)cn1. The lowest BCUT2D eigenvalue weighted by Crippen LogP contribution is -2.30. The maximum absolute atomic E-state index is 12.3.